The molecule has 2 rings (SSSR count). The number of benzene rings is 2. The molecule has 0 aliphatic rings. The van der Waals surface area contributed by atoms with E-state index in [1.54, 1.807) is 0 Å². The monoisotopic (exact) mass is 422 g/mol. The lowest BCUT2D eigenvalue weighted by Crippen LogP contribution is -1.85. The van der Waals surface area contributed by atoms with Gasteiger partial charge >= 0.3 is 0 Å². The summed E-state index contributed by atoms with van der Waals surface area (Å²) in [4.78, 5) is 0.594. The average molecular weight is 425 g/mol. The van der Waals surface area contributed by atoms with Crippen molar-refractivity contribution in [2.45, 2.75) is 9.79 Å². The van der Waals surface area contributed by atoms with Gasteiger partial charge in [0.25, 0.3) is 0 Å². The Morgan fingerprint density at radius 3 is 1.29 bits per heavy atom. The van der Waals surface area contributed by atoms with E-state index in [1.165, 1.54) is 12.1 Å². The topological polar surface area (TPSA) is 40.5 Å². The van der Waals surface area contributed by atoms with E-state index in [4.69, 9.17) is 69.6 Å². The number of hydrogen-bond acceptors (Lipinski definition) is 3. The van der Waals surface area contributed by atoms with E-state index in [9.17, 15) is 10.2 Å². The van der Waals surface area contributed by atoms with Crippen molar-refractivity contribution < 1.29 is 10.2 Å². The zero-order chi connectivity index (χ0) is 15.9. The molecule has 9 heteroatoms. The summed E-state index contributed by atoms with van der Waals surface area (Å²) >= 11 is 36.6. The summed E-state index contributed by atoms with van der Waals surface area (Å²) in [6.45, 7) is 0. The number of halogens is 6. The molecule has 21 heavy (non-hydrogen) atoms. The van der Waals surface area contributed by atoms with Crippen LogP contribution in [0.4, 0.5) is 0 Å². The Balaban J connectivity index is 2.59. The second kappa shape index (κ2) is 6.71. The SMILES string of the molecule is Oc1c(Cl)cc(Cl)c(Sc2c(Cl)cc(Cl)c(O)c2Cl)c1Cl. The lowest BCUT2D eigenvalue weighted by molar-refractivity contribution is 0.474. The summed E-state index contributed by atoms with van der Waals surface area (Å²) in [7, 11) is 0. The lowest BCUT2D eigenvalue weighted by Gasteiger charge is -2.13. The van der Waals surface area contributed by atoms with E-state index >= 15 is 0 Å². The van der Waals surface area contributed by atoms with Crippen LogP contribution in [0.3, 0.4) is 0 Å². The molecule has 2 aromatic carbocycles. The Labute approximate surface area is 154 Å². The van der Waals surface area contributed by atoms with Crippen molar-refractivity contribution in [3.05, 3.63) is 42.3 Å². The molecule has 0 aliphatic heterocycles. The van der Waals surface area contributed by atoms with Gasteiger partial charge < -0.3 is 10.2 Å². The van der Waals surface area contributed by atoms with Crippen LogP contribution in [0.2, 0.25) is 30.1 Å². The largest absolute Gasteiger partial charge is 0.505 e. The van der Waals surface area contributed by atoms with Gasteiger partial charge in [0, 0.05) is 0 Å². The Bertz CT molecular complexity index is 673. The predicted octanol–water partition coefficient (Wildman–Crippen LogP) is 7.17. The van der Waals surface area contributed by atoms with Crippen LogP contribution in [0.5, 0.6) is 11.5 Å². The second-order valence-electron chi connectivity index (χ2n) is 3.77. The van der Waals surface area contributed by atoms with Gasteiger partial charge in [0.1, 0.15) is 0 Å². The van der Waals surface area contributed by atoms with Crippen LogP contribution in [0.25, 0.3) is 0 Å². The molecular weight excluding hydrogens is 421 g/mol. The van der Waals surface area contributed by atoms with E-state index in [0.717, 1.165) is 11.8 Å². The normalized spacial score (nSPS) is 11.0. The van der Waals surface area contributed by atoms with E-state index in [0.29, 0.717) is 9.79 Å². The summed E-state index contributed by atoms with van der Waals surface area (Å²) in [5.74, 6) is -0.619. The minimum Gasteiger partial charge on any atom is -0.505 e. The van der Waals surface area contributed by atoms with Crippen LogP contribution in [-0.2, 0) is 0 Å². The van der Waals surface area contributed by atoms with Crippen molar-refractivity contribution in [1.82, 2.24) is 0 Å². The van der Waals surface area contributed by atoms with Crippen LogP contribution < -0.4 is 0 Å². The first-order valence-corrected chi connectivity index (χ1v) is 8.23. The second-order valence-corrected chi connectivity index (χ2v) is 7.17. The van der Waals surface area contributed by atoms with Gasteiger partial charge in [0.15, 0.2) is 11.5 Å². The fraction of sp³-hybridized carbons (Fsp3) is 0. The molecule has 0 bridgehead atoms. The summed E-state index contributed by atoms with van der Waals surface area (Å²) in [5, 5.41) is 19.9. The van der Waals surface area contributed by atoms with Gasteiger partial charge in [-0.15, -0.1) is 0 Å². The molecular formula is C12H4Cl6O2S. The first-order chi connectivity index (χ1) is 9.73. The Kier molecular flexibility index (Phi) is 5.59. The molecule has 0 unspecified atom stereocenters. The third kappa shape index (κ3) is 3.40. The third-order valence-corrected chi connectivity index (χ3v) is 6.02. The third-order valence-electron chi connectivity index (χ3n) is 2.41. The zero-order valence-electron chi connectivity index (χ0n) is 9.73. The summed E-state index contributed by atoms with van der Waals surface area (Å²) in [5.41, 5.74) is 0. The van der Waals surface area contributed by atoms with Crippen molar-refractivity contribution in [2.75, 3.05) is 0 Å². The summed E-state index contributed by atoms with van der Waals surface area (Å²) in [6.07, 6.45) is 0. The highest BCUT2D eigenvalue weighted by atomic mass is 35.5. The first-order valence-electron chi connectivity index (χ1n) is 5.14. The van der Waals surface area contributed by atoms with Crippen LogP contribution in [-0.4, -0.2) is 10.2 Å². The molecule has 0 fully saturated rings. The minimum absolute atomic E-state index is 0.0190. The Morgan fingerprint density at radius 1 is 0.619 bits per heavy atom. The minimum atomic E-state index is -0.310. The van der Waals surface area contributed by atoms with Crippen molar-refractivity contribution in [2.24, 2.45) is 0 Å². The number of rotatable bonds is 2. The van der Waals surface area contributed by atoms with Crippen LogP contribution in [0.15, 0.2) is 21.9 Å². The molecule has 0 aliphatic carbocycles. The highest BCUT2D eigenvalue weighted by molar-refractivity contribution is 7.99. The van der Waals surface area contributed by atoms with Crippen molar-refractivity contribution >= 4 is 81.4 Å². The van der Waals surface area contributed by atoms with E-state index in [1.807, 2.05) is 0 Å². The quantitative estimate of drug-likeness (QED) is 0.536. The number of phenols is 2. The maximum Gasteiger partial charge on any atom is 0.154 e. The smallest absolute Gasteiger partial charge is 0.154 e. The molecule has 0 saturated heterocycles. The molecule has 0 heterocycles. The van der Waals surface area contributed by atoms with Crippen molar-refractivity contribution in [1.29, 1.82) is 0 Å². The maximum absolute atomic E-state index is 9.75. The van der Waals surface area contributed by atoms with Crippen molar-refractivity contribution in [3.63, 3.8) is 0 Å². The summed E-state index contributed by atoms with van der Waals surface area (Å²) in [6, 6.07) is 2.68. The fourth-order valence-corrected chi connectivity index (χ4v) is 4.29. The standard InChI is InChI=1S/C12H4Cl6O2S/c13-3-1-5(15)11(7(17)9(3)19)21-12-6(16)2-4(14)10(20)8(12)18/h1-2,19-20H. The molecule has 0 amide bonds. The molecule has 0 saturated carbocycles. The van der Waals surface area contributed by atoms with Crippen LogP contribution >= 0.6 is 81.4 Å². The van der Waals surface area contributed by atoms with Gasteiger partial charge in [-0.25, -0.2) is 0 Å². The molecule has 0 atom stereocenters. The molecule has 2 aromatic rings. The van der Waals surface area contributed by atoms with Gasteiger partial charge in [0.05, 0.1) is 39.9 Å². The fourth-order valence-electron chi connectivity index (χ4n) is 1.41. The van der Waals surface area contributed by atoms with Gasteiger partial charge in [-0.05, 0) is 12.1 Å². The average Bonchev–Trinajstić information content (AvgIpc) is 2.42. The van der Waals surface area contributed by atoms with Gasteiger partial charge in [-0.2, -0.15) is 0 Å². The van der Waals surface area contributed by atoms with Crippen LogP contribution in [0.1, 0.15) is 0 Å². The van der Waals surface area contributed by atoms with Crippen molar-refractivity contribution in [3.8, 4) is 11.5 Å². The number of phenolic OH excluding ortho intramolecular Hbond substituents is 2. The summed E-state index contributed by atoms with van der Waals surface area (Å²) < 4.78 is 0. The zero-order valence-corrected chi connectivity index (χ0v) is 15.1. The number of aromatic hydroxyl groups is 2. The molecule has 0 spiro atoms. The molecule has 112 valence electrons. The Hall–Kier alpha value is 0.130. The van der Waals surface area contributed by atoms with Gasteiger partial charge in [0.2, 0.25) is 0 Å². The molecule has 0 radical (unpaired) electrons. The number of hydrogen-bond donors (Lipinski definition) is 2. The van der Waals surface area contributed by atoms with E-state index in [2.05, 4.69) is 0 Å². The van der Waals surface area contributed by atoms with Gasteiger partial charge in [-0.3, -0.25) is 0 Å². The lowest BCUT2D eigenvalue weighted by atomic mass is 10.3. The molecule has 0 aromatic heterocycles. The van der Waals surface area contributed by atoms with Crippen LogP contribution in [0, 0.1) is 0 Å². The maximum atomic E-state index is 9.75. The first kappa shape index (κ1) is 17.5. The highest BCUT2D eigenvalue weighted by Gasteiger charge is 2.21. The van der Waals surface area contributed by atoms with E-state index < -0.39 is 0 Å². The van der Waals surface area contributed by atoms with E-state index in [-0.39, 0.29) is 41.6 Å². The molecule has 2 N–H and O–H groups in total. The molecule has 2 nitrogen and oxygen atoms in total. The predicted molar refractivity (Wildman–Crippen MR) is 90.4 cm³/mol. The van der Waals surface area contributed by atoms with Gasteiger partial charge in [-0.1, -0.05) is 81.4 Å². The Morgan fingerprint density at radius 2 is 0.952 bits per heavy atom. The highest BCUT2D eigenvalue weighted by Crippen LogP contribution is 2.51.